The summed E-state index contributed by atoms with van der Waals surface area (Å²) in [7, 11) is -2.01. The molecule has 0 saturated carbocycles. The second-order valence-electron chi connectivity index (χ2n) is 6.43. The minimum atomic E-state index is -3.54. The van der Waals surface area contributed by atoms with Crippen molar-refractivity contribution in [2.45, 2.75) is 37.0 Å². The summed E-state index contributed by atoms with van der Waals surface area (Å²) in [6.07, 6.45) is 3.53. The maximum atomic E-state index is 12.7. The number of nitrogens with zero attached hydrogens (tertiary/aromatic N) is 1. The van der Waals surface area contributed by atoms with Gasteiger partial charge in [-0.2, -0.15) is 4.31 Å². The predicted octanol–water partition coefficient (Wildman–Crippen LogP) is 1.37. The molecule has 1 aromatic rings. The highest BCUT2D eigenvalue weighted by molar-refractivity contribution is 7.89. The number of amides is 1. The molecular weight excluding hydrogens is 356 g/mol. The lowest BCUT2D eigenvalue weighted by molar-refractivity contribution is -0.126. The van der Waals surface area contributed by atoms with E-state index >= 15 is 0 Å². The second-order valence-corrected chi connectivity index (χ2v) is 8.37. The highest BCUT2D eigenvalue weighted by Crippen LogP contribution is 2.25. The van der Waals surface area contributed by atoms with E-state index in [1.54, 1.807) is 24.3 Å². The molecular formula is C18H28N2O5S. The average molecular weight is 384 g/mol. The molecule has 0 unspecified atom stereocenters. The van der Waals surface area contributed by atoms with Gasteiger partial charge in [-0.3, -0.25) is 4.79 Å². The third-order valence-electron chi connectivity index (χ3n) is 4.66. The maximum absolute atomic E-state index is 12.7. The van der Waals surface area contributed by atoms with Crippen LogP contribution in [0.3, 0.4) is 0 Å². The van der Waals surface area contributed by atoms with Gasteiger partial charge < -0.3 is 15.2 Å². The van der Waals surface area contributed by atoms with Crippen LogP contribution in [0.1, 0.15) is 32.1 Å². The third-order valence-corrected chi connectivity index (χ3v) is 6.57. The van der Waals surface area contributed by atoms with Crippen LogP contribution < -0.4 is 10.1 Å². The molecule has 0 aliphatic carbocycles. The van der Waals surface area contributed by atoms with Crippen molar-refractivity contribution in [3.63, 3.8) is 0 Å². The van der Waals surface area contributed by atoms with Crippen molar-refractivity contribution in [3.05, 3.63) is 24.3 Å². The number of carbonyl (C=O) groups excluding carboxylic acids is 1. The number of sulfonamides is 1. The van der Waals surface area contributed by atoms with E-state index in [0.29, 0.717) is 38.2 Å². The first-order valence-corrected chi connectivity index (χ1v) is 10.5. The van der Waals surface area contributed by atoms with E-state index in [0.717, 1.165) is 19.3 Å². The first kappa shape index (κ1) is 20.7. The number of hydrogen-bond acceptors (Lipinski definition) is 5. The Kier molecular flexibility index (Phi) is 7.86. The molecule has 1 heterocycles. The van der Waals surface area contributed by atoms with Crippen molar-refractivity contribution in [1.29, 1.82) is 0 Å². The summed E-state index contributed by atoms with van der Waals surface area (Å²) < 4.78 is 31.9. The summed E-state index contributed by atoms with van der Waals surface area (Å²) in [4.78, 5) is 12.4. The zero-order valence-corrected chi connectivity index (χ0v) is 16.0. The standard InChI is InChI=1S/C18H28N2O5S/c1-25-16-5-7-17(8-6-16)26(23,24)20-12-9-15(10-13-20)18(22)19-11-3-2-4-14-21/h5-8,15,21H,2-4,9-14H2,1H3,(H,19,22). The van der Waals surface area contributed by atoms with Gasteiger partial charge in [-0.25, -0.2) is 8.42 Å². The van der Waals surface area contributed by atoms with Crippen molar-refractivity contribution in [1.82, 2.24) is 9.62 Å². The Balaban J connectivity index is 1.83. The molecule has 1 fully saturated rings. The van der Waals surface area contributed by atoms with Crippen molar-refractivity contribution in [2.24, 2.45) is 5.92 Å². The molecule has 0 bridgehead atoms. The number of nitrogens with one attached hydrogen (secondary N) is 1. The molecule has 2 rings (SSSR count). The summed E-state index contributed by atoms with van der Waals surface area (Å²) in [6, 6.07) is 6.34. The number of hydrogen-bond donors (Lipinski definition) is 2. The van der Waals surface area contributed by atoms with Crippen LogP contribution in [-0.4, -0.2) is 57.1 Å². The number of carbonyl (C=O) groups is 1. The summed E-state index contributed by atoms with van der Waals surface area (Å²) in [5.74, 6) is 0.462. The van der Waals surface area contributed by atoms with Gasteiger partial charge in [-0.05, 0) is 56.4 Å². The number of aliphatic hydroxyl groups is 1. The summed E-state index contributed by atoms with van der Waals surface area (Å²) in [5.41, 5.74) is 0. The first-order chi connectivity index (χ1) is 12.5. The van der Waals surface area contributed by atoms with Crippen molar-refractivity contribution < 1.29 is 23.1 Å². The zero-order chi connectivity index (χ0) is 19.0. The first-order valence-electron chi connectivity index (χ1n) is 9.02. The molecule has 0 aromatic heterocycles. The van der Waals surface area contributed by atoms with Crippen LogP contribution in [0.5, 0.6) is 5.75 Å². The molecule has 1 saturated heterocycles. The molecule has 0 atom stereocenters. The van der Waals surface area contributed by atoms with E-state index in [-0.39, 0.29) is 23.3 Å². The molecule has 26 heavy (non-hydrogen) atoms. The minimum Gasteiger partial charge on any atom is -0.497 e. The fourth-order valence-electron chi connectivity index (χ4n) is 3.02. The molecule has 2 N–H and O–H groups in total. The average Bonchev–Trinajstić information content (AvgIpc) is 2.67. The van der Waals surface area contributed by atoms with E-state index in [1.807, 2.05) is 0 Å². The molecule has 1 amide bonds. The Morgan fingerprint density at radius 3 is 2.42 bits per heavy atom. The normalized spacial score (nSPS) is 16.4. The smallest absolute Gasteiger partial charge is 0.243 e. The Bertz CT molecular complexity index is 667. The number of rotatable bonds is 9. The highest BCUT2D eigenvalue weighted by atomic mass is 32.2. The number of benzene rings is 1. The van der Waals surface area contributed by atoms with Crippen LogP contribution in [0.4, 0.5) is 0 Å². The lowest BCUT2D eigenvalue weighted by atomic mass is 9.97. The molecule has 1 aliphatic rings. The van der Waals surface area contributed by atoms with E-state index in [4.69, 9.17) is 9.84 Å². The van der Waals surface area contributed by atoms with Crippen LogP contribution in [0.2, 0.25) is 0 Å². The summed E-state index contributed by atoms with van der Waals surface area (Å²) in [5, 5.41) is 11.6. The monoisotopic (exact) mass is 384 g/mol. The summed E-state index contributed by atoms with van der Waals surface area (Å²) >= 11 is 0. The Morgan fingerprint density at radius 1 is 1.19 bits per heavy atom. The van der Waals surface area contributed by atoms with Crippen LogP contribution >= 0.6 is 0 Å². The fourth-order valence-corrected chi connectivity index (χ4v) is 4.49. The van der Waals surface area contributed by atoms with Gasteiger partial charge in [0.25, 0.3) is 0 Å². The molecule has 146 valence electrons. The van der Waals surface area contributed by atoms with Gasteiger partial charge in [0.2, 0.25) is 15.9 Å². The molecule has 7 nitrogen and oxygen atoms in total. The van der Waals surface area contributed by atoms with Gasteiger partial charge >= 0.3 is 0 Å². The van der Waals surface area contributed by atoms with Gasteiger partial charge in [0.05, 0.1) is 12.0 Å². The zero-order valence-electron chi connectivity index (χ0n) is 15.2. The SMILES string of the molecule is COc1ccc(S(=O)(=O)N2CCC(C(=O)NCCCCCO)CC2)cc1. The topological polar surface area (TPSA) is 95.9 Å². The van der Waals surface area contributed by atoms with E-state index in [1.165, 1.54) is 11.4 Å². The van der Waals surface area contributed by atoms with Gasteiger partial charge in [0.15, 0.2) is 0 Å². The van der Waals surface area contributed by atoms with Crippen LogP contribution in [-0.2, 0) is 14.8 Å². The Morgan fingerprint density at radius 2 is 1.85 bits per heavy atom. The maximum Gasteiger partial charge on any atom is 0.243 e. The van der Waals surface area contributed by atoms with E-state index in [2.05, 4.69) is 5.32 Å². The van der Waals surface area contributed by atoms with Gasteiger partial charge in [-0.1, -0.05) is 0 Å². The van der Waals surface area contributed by atoms with Crippen molar-refractivity contribution >= 4 is 15.9 Å². The summed E-state index contributed by atoms with van der Waals surface area (Å²) in [6.45, 7) is 1.46. The Labute approximate surface area is 155 Å². The highest BCUT2D eigenvalue weighted by Gasteiger charge is 2.31. The quantitative estimate of drug-likeness (QED) is 0.627. The number of ether oxygens (including phenoxy) is 1. The number of methoxy groups -OCH3 is 1. The number of aliphatic hydroxyl groups excluding tert-OH is 1. The van der Waals surface area contributed by atoms with Crippen LogP contribution in [0, 0.1) is 5.92 Å². The number of piperidine rings is 1. The van der Waals surface area contributed by atoms with E-state index < -0.39 is 10.0 Å². The van der Waals surface area contributed by atoms with Crippen molar-refractivity contribution in [3.8, 4) is 5.75 Å². The molecule has 1 aliphatic heterocycles. The molecule has 0 spiro atoms. The lowest BCUT2D eigenvalue weighted by Crippen LogP contribution is -2.43. The molecule has 0 radical (unpaired) electrons. The Hall–Kier alpha value is -1.64. The third kappa shape index (κ3) is 5.43. The molecule has 1 aromatic carbocycles. The minimum absolute atomic E-state index is 0.00417. The second kappa shape index (κ2) is 9.89. The van der Waals surface area contributed by atoms with Crippen molar-refractivity contribution in [2.75, 3.05) is 33.4 Å². The number of unbranched alkanes of at least 4 members (excludes halogenated alkanes) is 2. The van der Waals surface area contributed by atoms with E-state index in [9.17, 15) is 13.2 Å². The largest absolute Gasteiger partial charge is 0.497 e. The molecule has 8 heteroatoms. The van der Waals surface area contributed by atoms with Gasteiger partial charge in [-0.15, -0.1) is 0 Å². The predicted molar refractivity (Wildman–Crippen MR) is 98.4 cm³/mol. The fraction of sp³-hybridized carbons (Fsp3) is 0.611. The van der Waals surface area contributed by atoms with Gasteiger partial charge in [0.1, 0.15) is 5.75 Å². The van der Waals surface area contributed by atoms with Gasteiger partial charge in [0, 0.05) is 32.2 Å². The lowest BCUT2D eigenvalue weighted by Gasteiger charge is -2.30. The van der Waals surface area contributed by atoms with Crippen LogP contribution in [0.15, 0.2) is 29.2 Å². The van der Waals surface area contributed by atoms with Crippen LogP contribution in [0.25, 0.3) is 0 Å².